The average molecular weight is 462 g/mol. The van der Waals surface area contributed by atoms with Gasteiger partial charge in [0.25, 0.3) is 11.8 Å². The van der Waals surface area contributed by atoms with E-state index in [2.05, 4.69) is 5.32 Å². The van der Waals surface area contributed by atoms with E-state index in [9.17, 15) is 27.2 Å². The Bertz CT molecular complexity index is 1250. The molecule has 2 amide bonds. The minimum atomic E-state index is -4.82. The second kappa shape index (κ2) is 7.00. The fraction of sp³-hybridized carbons (Fsp3) is 0.238. The number of carbonyl (C=O) groups excluding carboxylic acids is 2. The van der Waals surface area contributed by atoms with Gasteiger partial charge in [0.2, 0.25) is 0 Å². The van der Waals surface area contributed by atoms with Crippen LogP contribution in [-0.4, -0.2) is 22.5 Å². The van der Waals surface area contributed by atoms with E-state index in [-0.39, 0.29) is 28.6 Å². The molecule has 2 aromatic carbocycles. The van der Waals surface area contributed by atoms with Crippen LogP contribution in [0.3, 0.4) is 0 Å². The molecule has 11 heteroatoms. The summed E-state index contributed by atoms with van der Waals surface area (Å²) in [7, 11) is 0. The zero-order valence-corrected chi connectivity index (χ0v) is 17.5. The van der Waals surface area contributed by atoms with Crippen molar-refractivity contribution in [2.24, 2.45) is 0 Å². The van der Waals surface area contributed by atoms with E-state index < -0.39 is 40.5 Å². The number of thiocarbonyl (C=S) groups is 1. The molecule has 0 atom stereocenters. The number of alkyl halides is 3. The van der Waals surface area contributed by atoms with E-state index >= 15 is 0 Å². The fourth-order valence-electron chi connectivity index (χ4n) is 3.89. The van der Waals surface area contributed by atoms with Crippen LogP contribution in [-0.2, 0) is 17.5 Å². The molecule has 0 bridgehead atoms. The highest BCUT2D eigenvalue weighted by atomic mass is 32.1. The smallest absolute Gasteiger partial charge is 0.348 e. The lowest BCUT2D eigenvalue weighted by Gasteiger charge is -2.29. The molecule has 2 aromatic rings. The van der Waals surface area contributed by atoms with Gasteiger partial charge in [-0.15, -0.1) is 0 Å². The molecule has 164 valence electrons. The summed E-state index contributed by atoms with van der Waals surface area (Å²) in [4.78, 5) is 27.3. The predicted octanol–water partition coefficient (Wildman–Crippen LogP) is 3.88. The van der Waals surface area contributed by atoms with Crippen molar-refractivity contribution in [2.45, 2.75) is 32.1 Å². The molecule has 32 heavy (non-hydrogen) atoms. The molecular weight excluding hydrogens is 448 g/mol. The van der Waals surface area contributed by atoms with Gasteiger partial charge in [-0.05, 0) is 62.0 Å². The number of hydrogen-bond donors (Lipinski definition) is 1. The van der Waals surface area contributed by atoms with Gasteiger partial charge in [-0.1, -0.05) is 0 Å². The van der Waals surface area contributed by atoms with E-state index in [1.165, 1.54) is 36.9 Å². The van der Waals surface area contributed by atoms with E-state index in [4.69, 9.17) is 17.5 Å². The van der Waals surface area contributed by atoms with Crippen molar-refractivity contribution in [3.8, 4) is 6.07 Å². The largest absolute Gasteiger partial charge is 0.417 e. The van der Waals surface area contributed by atoms with Gasteiger partial charge in [0.15, 0.2) is 5.11 Å². The monoisotopic (exact) mass is 462 g/mol. The van der Waals surface area contributed by atoms with Crippen molar-refractivity contribution in [2.75, 3.05) is 9.80 Å². The summed E-state index contributed by atoms with van der Waals surface area (Å²) >= 11 is 5.42. The lowest BCUT2D eigenvalue weighted by Crippen LogP contribution is -2.44. The Labute approximate surface area is 185 Å². The standard InChI is InChI=1S/C21H14F4N4O2S/c1-20(2)18(31)28(12-4-3-10(8-26)14(6-12)21(23,24)25)19(32)29(20)13-5-11-9-27-17(30)16(11)15(22)7-13/h3-7H,9H2,1-2H3,(H,27,30). The van der Waals surface area contributed by atoms with Crippen molar-refractivity contribution in [1.29, 1.82) is 5.26 Å². The first-order valence-corrected chi connectivity index (χ1v) is 9.69. The molecule has 1 fully saturated rings. The number of nitrogens with one attached hydrogen (secondary N) is 1. The van der Waals surface area contributed by atoms with Crippen LogP contribution in [0.15, 0.2) is 30.3 Å². The summed E-state index contributed by atoms with van der Waals surface area (Å²) in [6.07, 6.45) is -4.82. The van der Waals surface area contributed by atoms with Crippen LogP contribution >= 0.6 is 12.2 Å². The van der Waals surface area contributed by atoms with Gasteiger partial charge >= 0.3 is 6.18 Å². The SMILES string of the molecule is CC1(C)C(=O)N(c2ccc(C#N)c(C(F)(F)F)c2)C(=S)N1c1cc(F)c2c(c1)CNC2=O. The molecule has 2 aliphatic heterocycles. The first-order chi connectivity index (χ1) is 14.9. The molecule has 1 N–H and O–H groups in total. The minimum Gasteiger partial charge on any atom is -0.348 e. The van der Waals surface area contributed by atoms with Crippen LogP contribution in [0.1, 0.15) is 40.9 Å². The Balaban J connectivity index is 1.82. The van der Waals surface area contributed by atoms with Crippen molar-refractivity contribution in [1.82, 2.24) is 5.32 Å². The molecule has 2 aliphatic rings. The van der Waals surface area contributed by atoms with Crippen LogP contribution in [0.25, 0.3) is 0 Å². The van der Waals surface area contributed by atoms with Crippen molar-refractivity contribution in [3.05, 3.63) is 58.4 Å². The maximum absolute atomic E-state index is 14.6. The normalized spacial score (nSPS) is 17.5. The number of rotatable bonds is 2. The second-order valence-electron chi connectivity index (χ2n) is 7.80. The third kappa shape index (κ3) is 3.10. The molecule has 2 heterocycles. The molecule has 1 saturated heterocycles. The van der Waals surface area contributed by atoms with Gasteiger partial charge in [-0.2, -0.15) is 18.4 Å². The number of halogens is 4. The molecule has 6 nitrogen and oxygen atoms in total. The summed E-state index contributed by atoms with van der Waals surface area (Å²) in [6.45, 7) is 3.11. The first kappa shape index (κ1) is 21.7. The number of amides is 2. The van der Waals surface area contributed by atoms with Gasteiger partial charge in [0.1, 0.15) is 11.4 Å². The molecule has 0 spiro atoms. The van der Waals surface area contributed by atoms with Crippen LogP contribution < -0.4 is 15.1 Å². The van der Waals surface area contributed by atoms with Gasteiger partial charge in [0, 0.05) is 12.2 Å². The van der Waals surface area contributed by atoms with Crippen LogP contribution in [0.5, 0.6) is 0 Å². The third-order valence-electron chi connectivity index (χ3n) is 5.44. The summed E-state index contributed by atoms with van der Waals surface area (Å²) in [5, 5.41) is 11.4. The number of nitriles is 1. The Kier molecular flexibility index (Phi) is 4.74. The Morgan fingerprint density at radius 3 is 2.47 bits per heavy atom. The van der Waals surface area contributed by atoms with Crippen LogP contribution in [0, 0.1) is 17.1 Å². The third-order valence-corrected chi connectivity index (χ3v) is 5.80. The minimum absolute atomic E-state index is 0.0956. The van der Waals surface area contributed by atoms with Crippen molar-refractivity contribution >= 4 is 40.5 Å². The van der Waals surface area contributed by atoms with Crippen molar-refractivity contribution < 1.29 is 27.2 Å². The molecule has 0 unspecified atom stereocenters. The number of hydrogen-bond acceptors (Lipinski definition) is 4. The van der Waals surface area contributed by atoms with E-state index in [1.54, 1.807) is 0 Å². The molecule has 0 radical (unpaired) electrons. The van der Waals surface area contributed by atoms with Gasteiger partial charge in [-0.3, -0.25) is 14.5 Å². The fourth-order valence-corrected chi connectivity index (χ4v) is 4.42. The maximum Gasteiger partial charge on any atom is 0.417 e. The van der Waals surface area contributed by atoms with Gasteiger partial charge in [-0.25, -0.2) is 4.39 Å². The van der Waals surface area contributed by atoms with E-state index in [1.807, 2.05) is 0 Å². The summed E-state index contributed by atoms with van der Waals surface area (Å²) in [5.41, 5.74) is -2.84. The number of benzene rings is 2. The highest BCUT2D eigenvalue weighted by Gasteiger charge is 2.51. The Morgan fingerprint density at radius 1 is 1.16 bits per heavy atom. The van der Waals surface area contributed by atoms with E-state index in [0.29, 0.717) is 11.6 Å². The number of carbonyl (C=O) groups is 2. The lowest BCUT2D eigenvalue weighted by atomic mass is 10.0. The number of fused-ring (bicyclic) bond motifs is 1. The first-order valence-electron chi connectivity index (χ1n) is 9.28. The molecule has 4 rings (SSSR count). The maximum atomic E-state index is 14.6. The van der Waals surface area contributed by atoms with Gasteiger partial charge < -0.3 is 10.2 Å². The molecule has 0 saturated carbocycles. The zero-order chi connectivity index (χ0) is 23.6. The van der Waals surface area contributed by atoms with Crippen LogP contribution in [0.2, 0.25) is 0 Å². The lowest BCUT2D eigenvalue weighted by molar-refractivity contribution is -0.137. The van der Waals surface area contributed by atoms with E-state index in [0.717, 1.165) is 17.0 Å². The summed E-state index contributed by atoms with van der Waals surface area (Å²) in [5.74, 6) is -1.98. The Morgan fingerprint density at radius 2 is 1.84 bits per heavy atom. The predicted molar refractivity (Wildman–Crippen MR) is 110 cm³/mol. The molecule has 0 aromatic heterocycles. The Hall–Kier alpha value is -3.52. The zero-order valence-electron chi connectivity index (χ0n) is 16.7. The molecule has 0 aliphatic carbocycles. The number of anilines is 2. The number of nitrogens with zero attached hydrogens (tertiary/aromatic N) is 3. The quantitative estimate of drug-likeness (QED) is 0.542. The second-order valence-corrected chi connectivity index (χ2v) is 8.17. The molecular formula is C21H14F4N4O2S. The average Bonchev–Trinajstić information content (AvgIpc) is 3.15. The summed E-state index contributed by atoms with van der Waals surface area (Å²) < 4.78 is 54.9. The van der Waals surface area contributed by atoms with Crippen LogP contribution in [0.4, 0.5) is 28.9 Å². The highest BCUT2D eigenvalue weighted by molar-refractivity contribution is 7.81. The van der Waals surface area contributed by atoms with Gasteiger partial charge in [0.05, 0.1) is 28.4 Å². The summed E-state index contributed by atoms with van der Waals surface area (Å²) in [6, 6.07) is 6.92. The van der Waals surface area contributed by atoms with Crippen molar-refractivity contribution in [3.63, 3.8) is 0 Å². The highest BCUT2D eigenvalue weighted by Crippen LogP contribution is 2.40. The topological polar surface area (TPSA) is 76.4 Å².